The molecule has 0 fully saturated rings. The maximum Gasteiger partial charge on any atom is 0.235 e. The van der Waals surface area contributed by atoms with Gasteiger partial charge in [0.1, 0.15) is 5.82 Å². The van der Waals surface area contributed by atoms with Crippen molar-refractivity contribution in [3.63, 3.8) is 0 Å². The van der Waals surface area contributed by atoms with Gasteiger partial charge in [-0.25, -0.2) is 9.97 Å². The van der Waals surface area contributed by atoms with Crippen molar-refractivity contribution in [1.29, 1.82) is 0 Å². The van der Waals surface area contributed by atoms with Crippen LogP contribution in [0, 0.1) is 0 Å². The molecule has 4 heteroatoms. The summed E-state index contributed by atoms with van der Waals surface area (Å²) in [6.07, 6.45) is 6.53. The molecule has 4 nitrogen and oxygen atoms in total. The van der Waals surface area contributed by atoms with Crippen LogP contribution in [0.25, 0.3) is 5.78 Å². The van der Waals surface area contributed by atoms with Crippen LogP contribution in [-0.2, 0) is 0 Å². The van der Waals surface area contributed by atoms with Gasteiger partial charge in [0.25, 0.3) is 0 Å². The Balaban J connectivity index is 2.37. The number of hydrogen-bond donors (Lipinski definition) is 1. The molecule has 2 aromatic rings. The third-order valence-electron chi connectivity index (χ3n) is 1.86. The first-order chi connectivity index (χ1) is 6.42. The molecule has 2 heterocycles. The summed E-state index contributed by atoms with van der Waals surface area (Å²) in [7, 11) is 0. The van der Waals surface area contributed by atoms with E-state index in [1.165, 1.54) is 0 Å². The van der Waals surface area contributed by atoms with Crippen molar-refractivity contribution in [1.82, 2.24) is 14.4 Å². The van der Waals surface area contributed by atoms with E-state index < -0.39 is 0 Å². The van der Waals surface area contributed by atoms with E-state index in [1.54, 1.807) is 12.4 Å². The van der Waals surface area contributed by atoms with E-state index >= 15 is 0 Å². The number of rotatable bonds is 3. The normalized spacial score (nSPS) is 10.5. The van der Waals surface area contributed by atoms with Gasteiger partial charge < -0.3 is 5.32 Å². The van der Waals surface area contributed by atoms with Gasteiger partial charge in [0.2, 0.25) is 5.78 Å². The van der Waals surface area contributed by atoms with Crippen molar-refractivity contribution >= 4 is 11.6 Å². The fraction of sp³-hybridized carbons (Fsp3) is 0.333. The molecule has 0 saturated carbocycles. The van der Waals surface area contributed by atoms with Gasteiger partial charge in [0.15, 0.2) is 0 Å². The Morgan fingerprint density at radius 3 is 3.08 bits per heavy atom. The molecule has 13 heavy (non-hydrogen) atoms. The van der Waals surface area contributed by atoms with Gasteiger partial charge in [-0.2, -0.15) is 0 Å². The average molecular weight is 176 g/mol. The fourth-order valence-corrected chi connectivity index (χ4v) is 1.23. The van der Waals surface area contributed by atoms with E-state index in [2.05, 4.69) is 22.2 Å². The minimum Gasteiger partial charge on any atom is -0.371 e. The molecule has 0 aromatic carbocycles. The summed E-state index contributed by atoms with van der Waals surface area (Å²) < 4.78 is 1.94. The first-order valence-electron chi connectivity index (χ1n) is 4.44. The van der Waals surface area contributed by atoms with Crippen LogP contribution in [0.3, 0.4) is 0 Å². The average Bonchev–Trinajstić information content (AvgIpc) is 2.62. The fourth-order valence-electron chi connectivity index (χ4n) is 1.23. The number of anilines is 1. The smallest absolute Gasteiger partial charge is 0.235 e. The monoisotopic (exact) mass is 176 g/mol. The molecule has 0 bridgehead atoms. The minimum atomic E-state index is 0.737. The van der Waals surface area contributed by atoms with Crippen LogP contribution in [0.5, 0.6) is 0 Å². The topological polar surface area (TPSA) is 42.2 Å². The van der Waals surface area contributed by atoms with Crippen LogP contribution in [-0.4, -0.2) is 20.9 Å². The van der Waals surface area contributed by atoms with Crippen LogP contribution in [0.2, 0.25) is 0 Å². The van der Waals surface area contributed by atoms with Crippen LogP contribution in [0.15, 0.2) is 24.7 Å². The van der Waals surface area contributed by atoms with E-state index in [0.29, 0.717) is 0 Å². The lowest BCUT2D eigenvalue weighted by Gasteiger charge is -2.05. The van der Waals surface area contributed by atoms with Crippen molar-refractivity contribution in [3.8, 4) is 0 Å². The Morgan fingerprint density at radius 1 is 1.38 bits per heavy atom. The molecule has 2 aromatic heterocycles. The molecule has 0 unspecified atom stereocenters. The summed E-state index contributed by atoms with van der Waals surface area (Å²) >= 11 is 0. The van der Waals surface area contributed by atoms with Gasteiger partial charge in [-0.15, -0.1) is 0 Å². The summed E-state index contributed by atoms with van der Waals surface area (Å²) in [5.41, 5.74) is 0. The Morgan fingerprint density at radius 2 is 2.23 bits per heavy atom. The molecule has 2 rings (SSSR count). The third kappa shape index (κ3) is 1.47. The third-order valence-corrected chi connectivity index (χ3v) is 1.86. The quantitative estimate of drug-likeness (QED) is 0.771. The largest absolute Gasteiger partial charge is 0.371 e. The molecule has 0 radical (unpaired) electrons. The number of hydrogen-bond acceptors (Lipinski definition) is 3. The van der Waals surface area contributed by atoms with Crippen LogP contribution < -0.4 is 5.32 Å². The summed E-state index contributed by atoms with van der Waals surface area (Å²) in [6.45, 7) is 3.11. The number of fused-ring (bicyclic) bond motifs is 1. The number of nitrogens with zero attached hydrogens (tertiary/aromatic N) is 3. The number of imidazole rings is 1. The van der Waals surface area contributed by atoms with E-state index in [1.807, 2.05) is 16.7 Å². The first-order valence-corrected chi connectivity index (χ1v) is 4.44. The van der Waals surface area contributed by atoms with Crippen molar-refractivity contribution in [3.05, 3.63) is 24.7 Å². The second-order valence-corrected chi connectivity index (χ2v) is 2.85. The van der Waals surface area contributed by atoms with Gasteiger partial charge in [-0.05, 0) is 12.5 Å². The van der Waals surface area contributed by atoms with Crippen LogP contribution >= 0.6 is 0 Å². The van der Waals surface area contributed by atoms with Crippen molar-refractivity contribution in [2.24, 2.45) is 0 Å². The highest BCUT2D eigenvalue weighted by Crippen LogP contribution is 2.07. The predicted octanol–water partition coefficient (Wildman–Crippen LogP) is 1.55. The van der Waals surface area contributed by atoms with E-state index in [9.17, 15) is 0 Å². The Hall–Kier alpha value is -1.58. The molecule has 0 spiro atoms. The van der Waals surface area contributed by atoms with Gasteiger partial charge >= 0.3 is 0 Å². The number of nitrogens with one attached hydrogen (secondary N) is 1. The highest BCUT2D eigenvalue weighted by Gasteiger charge is 1.98. The maximum absolute atomic E-state index is 4.12. The zero-order chi connectivity index (χ0) is 9.10. The molecular formula is C9H12N4. The summed E-state index contributed by atoms with van der Waals surface area (Å²) in [5, 5.41) is 3.31. The highest BCUT2D eigenvalue weighted by atomic mass is 15.1. The summed E-state index contributed by atoms with van der Waals surface area (Å²) in [6, 6.07) is 1.95. The van der Waals surface area contributed by atoms with Crippen LogP contribution in [0.4, 0.5) is 5.82 Å². The zero-order valence-electron chi connectivity index (χ0n) is 7.57. The van der Waals surface area contributed by atoms with Gasteiger partial charge in [-0.3, -0.25) is 4.40 Å². The second kappa shape index (κ2) is 3.43. The summed E-state index contributed by atoms with van der Waals surface area (Å²) in [5.74, 6) is 1.78. The lowest BCUT2D eigenvalue weighted by Crippen LogP contribution is -2.04. The second-order valence-electron chi connectivity index (χ2n) is 2.85. The Bertz CT molecular complexity index is 393. The van der Waals surface area contributed by atoms with E-state index in [-0.39, 0.29) is 0 Å². The van der Waals surface area contributed by atoms with Crippen molar-refractivity contribution < 1.29 is 0 Å². The maximum atomic E-state index is 4.12. The van der Waals surface area contributed by atoms with Gasteiger partial charge in [-0.1, -0.05) is 6.92 Å². The zero-order valence-corrected chi connectivity index (χ0v) is 7.57. The molecule has 68 valence electrons. The lowest BCUT2D eigenvalue weighted by molar-refractivity contribution is 0.955. The molecule has 0 aliphatic rings. The highest BCUT2D eigenvalue weighted by molar-refractivity contribution is 5.43. The molecule has 0 saturated heterocycles. The van der Waals surface area contributed by atoms with Crippen molar-refractivity contribution in [2.75, 3.05) is 11.9 Å². The molecule has 0 amide bonds. The molecule has 0 aliphatic carbocycles. The molecule has 0 atom stereocenters. The Kier molecular flexibility index (Phi) is 2.12. The number of aromatic nitrogens is 3. The first kappa shape index (κ1) is 8.04. The standard InChI is InChI=1S/C9H12N4/c1-2-4-10-8-3-5-11-9-12-6-7-13(8)9/h3,5-7,10H,2,4H2,1H3. The predicted molar refractivity (Wildman–Crippen MR) is 51.8 cm³/mol. The molecule has 0 aliphatic heterocycles. The lowest BCUT2D eigenvalue weighted by atomic mass is 10.4. The molecular weight excluding hydrogens is 164 g/mol. The van der Waals surface area contributed by atoms with E-state index in [4.69, 9.17) is 0 Å². The van der Waals surface area contributed by atoms with Gasteiger partial charge in [0.05, 0.1) is 0 Å². The minimum absolute atomic E-state index is 0.737. The van der Waals surface area contributed by atoms with Crippen molar-refractivity contribution in [2.45, 2.75) is 13.3 Å². The summed E-state index contributed by atoms with van der Waals surface area (Å²) in [4.78, 5) is 8.22. The molecule has 1 N–H and O–H groups in total. The Labute approximate surface area is 76.6 Å². The van der Waals surface area contributed by atoms with Gasteiger partial charge in [0, 0.05) is 25.1 Å². The van der Waals surface area contributed by atoms with E-state index in [0.717, 1.165) is 24.6 Å². The van der Waals surface area contributed by atoms with Crippen LogP contribution in [0.1, 0.15) is 13.3 Å². The SMILES string of the molecule is CCCNc1ccnc2nccn12.